The Bertz CT molecular complexity index is 2150. The van der Waals surface area contributed by atoms with Gasteiger partial charge in [0.25, 0.3) is 0 Å². The predicted molar refractivity (Wildman–Crippen MR) is 147 cm³/mol. The average molecular weight is 516 g/mol. The first-order chi connectivity index (χ1) is 19.7. The molecular formula is C30H12N8O2. The van der Waals surface area contributed by atoms with Crippen LogP contribution in [-0.4, -0.2) is 51.4 Å². The molecule has 184 valence electrons. The molecule has 0 spiro atoms. The normalized spacial score (nSPS) is 13.1. The monoisotopic (exact) mass is 516 g/mol. The second-order valence-electron chi connectivity index (χ2n) is 9.49. The molecular weight excluding hydrogens is 504 g/mol. The van der Waals surface area contributed by atoms with Gasteiger partial charge in [0, 0.05) is 46.3 Å². The van der Waals surface area contributed by atoms with Gasteiger partial charge in [-0.1, -0.05) is 0 Å². The van der Waals surface area contributed by atoms with Gasteiger partial charge < -0.3 is 0 Å². The maximum absolute atomic E-state index is 13.9. The van der Waals surface area contributed by atoms with Crippen LogP contribution < -0.4 is 0 Å². The molecule has 0 fully saturated rings. The molecule has 0 saturated heterocycles. The lowest BCUT2D eigenvalue weighted by atomic mass is 9.95. The summed E-state index contributed by atoms with van der Waals surface area (Å²) in [6, 6.07) is 14.6. The molecule has 0 amide bonds. The average Bonchev–Trinajstić information content (AvgIpc) is 3.02. The molecule has 1 aliphatic carbocycles. The summed E-state index contributed by atoms with van der Waals surface area (Å²) in [4.78, 5) is 64.8. The number of rotatable bonds is 0. The number of pyridine rings is 4. The van der Waals surface area contributed by atoms with E-state index in [4.69, 9.17) is 19.9 Å². The van der Waals surface area contributed by atoms with Gasteiger partial charge in [-0.2, -0.15) is 0 Å². The van der Waals surface area contributed by atoms with Crippen LogP contribution in [0.15, 0.2) is 73.3 Å². The van der Waals surface area contributed by atoms with Crippen LogP contribution in [0, 0.1) is 0 Å². The molecule has 10 heteroatoms. The Hall–Kier alpha value is -5.90. The third-order valence-electron chi connectivity index (χ3n) is 7.35. The Morgan fingerprint density at radius 3 is 0.850 bits per heavy atom. The van der Waals surface area contributed by atoms with Crippen LogP contribution in [0.3, 0.4) is 0 Å². The maximum atomic E-state index is 13.9. The first-order valence-electron chi connectivity index (χ1n) is 12.4. The molecule has 0 N–H and O–H groups in total. The molecule has 0 saturated carbocycles. The van der Waals surface area contributed by atoms with Crippen molar-refractivity contribution < 1.29 is 9.59 Å². The summed E-state index contributed by atoms with van der Waals surface area (Å²) in [7, 11) is 0. The number of nitrogens with zero attached hydrogens (tertiary/aromatic N) is 8. The van der Waals surface area contributed by atoms with Gasteiger partial charge >= 0.3 is 0 Å². The summed E-state index contributed by atoms with van der Waals surface area (Å²) in [5.74, 6) is -1.03. The van der Waals surface area contributed by atoms with Crippen molar-refractivity contribution in [3.05, 3.63) is 96.1 Å². The number of fused-ring (bicyclic) bond motifs is 14. The number of aromatic nitrogens is 8. The zero-order valence-corrected chi connectivity index (χ0v) is 20.3. The molecule has 6 aromatic heterocycles. The number of carbonyl (C=O) groups is 2. The van der Waals surface area contributed by atoms with Gasteiger partial charge in [0.15, 0.2) is 0 Å². The fourth-order valence-corrected chi connectivity index (χ4v) is 5.62. The lowest BCUT2D eigenvalue weighted by Gasteiger charge is -2.17. The largest absolute Gasteiger partial charge is 0.285 e. The highest BCUT2D eigenvalue weighted by molar-refractivity contribution is 6.30. The van der Waals surface area contributed by atoms with Crippen LogP contribution in [0.1, 0.15) is 32.4 Å². The van der Waals surface area contributed by atoms with E-state index in [2.05, 4.69) is 19.9 Å². The van der Waals surface area contributed by atoms with Crippen LogP contribution in [0.2, 0.25) is 0 Å². The third kappa shape index (κ3) is 2.56. The van der Waals surface area contributed by atoms with E-state index in [1.807, 2.05) is 24.3 Å². The van der Waals surface area contributed by atoms with Crippen LogP contribution >= 0.6 is 0 Å². The van der Waals surface area contributed by atoms with Gasteiger partial charge in [0.05, 0.1) is 44.1 Å². The lowest BCUT2D eigenvalue weighted by Crippen LogP contribution is -2.26. The highest BCUT2D eigenvalue weighted by Gasteiger charge is 2.37. The first-order valence-corrected chi connectivity index (χ1v) is 12.4. The van der Waals surface area contributed by atoms with Gasteiger partial charge in [-0.05, 0) is 48.5 Å². The molecule has 0 unspecified atom stereocenters. The van der Waals surface area contributed by atoms with E-state index in [1.165, 1.54) is 0 Å². The zero-order valence-electron chi connectivity index (χ0n) is 20.3. The summed E-state index contributed by atoms with van der Waals surface area (Å²) >= 11 is 0. The Kier molecular flexibility index (Phi) is 3.88. The van der Waals surface area contributed by atoms with Crippen molar-refractivity contribution >= 4 is 77.2 Å². The maximum Gasteiger partial charge on any atom is 0.234 e. The van der Waals surface area contributed by atoms with Gasteiger partial charge in [0.2, 0.25) is 11.6 Å². The first kappa shape index (κ1) is 21.1. The van der Waals surface area contributed by atoms with Crippen molar-refractivity contribution in [1.29, 1.82) is 0 Å². The minimum absolute atomic E-state index is 0.0584. The van der Waals surface area contributed by atoms with Crippen LogP contribution in [0.5, 0.6) is 0 Å². The summed E-state index contributed by atoms with van der Waals surface area (Å²) < 4.78 is 0. The van der Waals surface area contributed by atoms with Crippen molar-refractivity contribution in [2.24, 2.45) is 0 Å². The van der Waals surface area contributed by atoms with Crippen LogP contribution in [0.25, 0.3) is 65.7 Å². The summed E-state index contributed by atoms with van der Waals surface area (Å²) in [5, 5.41) is 2.74. The summed E-state index contributed by atoms with van der Waals surface area (Å²) in [6.07, 6.45) is 6.71. The molecule has 0 radical (unpaired) electrons. The van der Waals surface area contributed by atoms with E-state index in [0.717, 1.165) is 0 Å². The number of hydrogen-bond donors (Lipinski definition) is 0. The standard InChI is InChI=1S/C30H12N8O2/c39-29-25-26(36-22-14-6-2-10-32-18(14)17-13(21(22)35-25)5-1-9-31-17)30(40)28-27(29)37-23-15-7-3-11-33-19(15)20-16(24(23)38-28)8-4-12-34-20/h1-12H. The minimum Gasteiger partial charge on any atom is -0.285 e. The lowest BCUT2D eigenvalue weighted by molar-refractivity contribution is 0.0965. The highest BCUT2D eigenvalue weighted by atomic mass is 16.1. The molecule has 0 bridgehead atoms. The second kappa shape index (κ2) is 7.35. The topological polar surface area (TPSA) is 137 Å². The van der Waals surface area contributed by atoms with Gasteiger partial charge in [-0.3, -0.25) is 29.5 Å². The van der Waals surface area contributed by atoms with E-state index in [1.54, 1.807) is 49.1 Å². The SMILES string of the molecule is O=C1c2nc3c4cccnc4c4ncccc4c3nc2C(=O)c2nc3c4cccnc4c4ncccc4c3nc21. The van der Waals surface area contributed by atoms with Gasteiger partial charge in [-0.15, -0.1) is 0 Å². The summed E-state index contributed by atoms with van der Waals surface area (Å²) in [5.41, 5.74) is 4.18. The van der Waals surface area contributed by atoms with Crippen molar-refractivity contribution in [2.75, 3.05) is 0 Å². The molecule has 40 heavy (non-hydrogen) atoms. The van der Waals surface area contributed by atoms with E-state index >= 15 is 0 Å². The molecule has 6 heterocycles. The molecule has 0 atom stereocenters. The quantitative estimate of drug-likeness (QED) is 0.264. The van der Waals surface area contributed by atoms with Crippen molar-refractivity contribution in [3.8, 4) is 0 Å². The smallest absolute Gasteiger partial charge is 0.234 e. The van der Waals surface area contributed by atoms with Crippen molar-refractivity contribution in [2.45, 2.75) is 0 Å². The molecule has 1 aliphatic rings. The highest BCUT2D eigenvalue weighted by Crippen LogP contribution is 2.36. The predicted octanol–water partition coefficient (Wildman–Crippen LogP) is 4.54. The second-order valence-corrected chi connectivity index (χ2v) is 9.49. The fourth-order valence-electron chi connectivity index (χ4n) is 5.62. The number of carbonyl (C=O) groups excluding carboxylic acids is 2. The number of benzene rings is 2. The Morgan fingerprint density at radius 2 is 0.600 bits per heavy atom. The Balaban J connectivity index is 1.40. The van der Waals surface area contributed by atoms with Gasteiger partial charge in [0.1, 0.15) is 22.8 Å². The molecule has 10 nitrogen and oxygen atoms in total. The van der Waals surface area contributed by atoms with Crippen molar-refractivity contribution in [3.63, 3.8) is 0 Å². The zero-order chi connectivity index (χ0) is 26.5. The van der Waals surface area contributed by atoms with E-state index in [-0.39, 0.29) is 22.8 Å². The minimum atomic E-state index is -0.514. The fraction of sp³-hybridized carbons (Fsp3) is 0. The molecule has 9 rings (SSSR count). The van der Waals surface area contributed by atoms with E-state index in [0.29, 0.717) is 65.7 Å². The van der Waals surface area contributed by atoms with Gasteiger partial charge in [-0.25, -0.2) is 19.9 Å². The molecule has 8 aromatic rings. The van der Waals surface area contributed by atoms with E-state index in [9.17, 15) is 9.59 Å². The Labute approximate surface area is 222 Å². The van der Waals surface area contributed by atoms with Crippen LogP contribution in [0.4, 0.5) is 0 Å². The number of hydrogen-bond acceptors (Lipinski definition) is 10. The Morgan fingerprint density at radius 1 is 0.350 bits per heavy atom. The van der Waals surface area contributed by atoms with E-state index < -0.39 is 11.6 Å². The number of ketones is 2. The van der Waals surface area contributed by atoms with Crippen molar-refractivity contribution in [1.82, 2.24) is 39.9 Å². The molecule has 2 aromatic carbocycles. The van der Waals surface area contributed by atoms with Crippen LogP contribution in [-0.2, 0) is 0 Å². The molecule has 0 aliphatic heterocycles. The summed E-state index contributed by atoms with van der Waals surface area (Å²) in [6.45, 7) is 0. The third-order valence-corrected chi connectivity index (χ3v) is 7.35.